The standard InChI is InChI=1S/C22H26N2O4/c1-15(2)28-19-10-8-16(9-11-19)14-23-21(25)17-5-3-6-18(13-17)24-22(26)20-7-4-12-27-20/h3,5-6,8-11,13,15,20H,4,7,12,14H2,1-2H3,(H,23,25)(H,24,26). The van der Waals surface area contributed by atoms with E-state index in [4.69, 9.17) is 9.47 Å². The smallest absolute Gasteiger partial charge is 0.253 e. The average Bonchev–Trinajstić information content (AvgIpc) is 3.22. The molecule has 1 atom stereocenters. The van der Waals surface area contributed by atoms with Gasteiger partial charge in [0.2, 0.25) is 0 Å². The lowest BCUT2D eigenvalue weighted by molar-refractivity contribution is -0.124. The molecule has 0 aliphatic carbocycles. The lowest BCUT2D eigenvalue weighted by Crippen LogP contribution is -2.27. The first-order valence-electron chi connectivity index (χ1n) is 9.57. The average molecular weight is 382 g/mol. The van der Waals surface area contributed by atoms with Gasteiger partial charge in [0.1, 0.15) is 11.9 Å². The van der Waals surface area contributed by atoms with Crippen LogP contribution in [0.4, 0.5) is 5.69 Å². The maximum absolute atomic E-state index is 12.5. The number of carbonyl (C=O) groups excluding carboxylic acids is 2. The molecular weight excluding hydrogens is 356 g/mol. The van der Waals surface area contributed by atoms with E-state index < -0.39 is 6.10 Å². The van der Waals surface area contributed by atoms with Crippen LogP contribution in [0.1, 0.15) is 42.6 Å². The van der Waals surface area contributed by atoms with Crippen molar-refractivity contribution in [1.82, 2.24) is 5.32 Å². The molecule has 1 aliphatic rings. The van der Waals surface area contributed by atoms with E-state index in [1.54, 1.807) is 24.3 Å². The number of benzene rings is 2. The molecule has 6 nitrogen and oxygen atoms in total. The topological polar surface area (TPSA) is 76.7 Å². The molecule has 1 saturated heterocycles. The largest absolute Gasteiger partial charge is 0.491 e. The van der Waals surface area contributed by atoms with Gasteiger partial charge in [0.15, 0.2) is 0 Å². The Kier molecular flexibility index (Phi) is 6.66. The Labute approximate surface area is 165 Å². The molecule has 2 amide bonds. The van der Waals surface area contributed by atoms with Gasteiger partial charge in [-0.2, -0.15) is 0 Å². The quantitative estimate of drug-likeness (QED) is 0.768. The minimum atomic E-state index is -0.403. The summed E-state index contributed by atoms with van der Waals surface area (Å²) < 4.78 is 11.0. The Hall–Kier alpha value is -2.86. The van der Waals surface area contributed by atoms with Crippen LogP contribution in [0.2, 0.25) is 0 Å². The number of rotatable bonds is 7. The SMILES string of the molecule is CC(C)Oc1ccc(CNC(=O)c2cccc(NC(=O)C3CCCO3)c2)cc1. The fourth-order valence-electron chi connectivity index (χ4n) is 2.99. The molecule has 2 N–H and O–H groups in total. The highest BCUT2D eigenvalue weighted by molar-refractivity contribution is 5.98. The van der Waals surface area contributed by atoms with Gasteiger partial charge in [-0.3, -0.25) is 9.59 Å². The van der Waals surface area contributed by atoms with E-state index in [0.717, 1.165) is 24.2 Å². The number of carbonyl (C=O) groups is 2. The van der Waals surface area contributed by atoms with Gasteiger partial charge in [-0.15, -0.1) is 0 Å². The molecule has 0 aromatic heterocycles. The van der Waals surface area contributed by atoms with E-state index in [9.17, 15) is 9.59 Å². The van der Waals surface area contributed by atoms with Crippen LogP contribution in [0.25, 0.3) is 0 Å². The van der Waals surface area contributed by atoms with Gasteiger partial charge in [-0.05, 0) is 62.6 Å². The first-order valence-corrected chi connectivity index (χ1v) is 9.57. The van der Waals surface area contributed by atoms with Crippen LogP contribution in [-0.2, 0) is 16.1 Å². The Morgan fingerprint density at radius 1 is 1.18 bits per heavy atom. The summed E-state index contributed by atoms with van der Waals surface area (Å²) >= 11 is 0. The monoisotopic (exact) mass is 382 g/mol. The second kappa shape index (κ2) is 9.37. The van der Waals surface area contributed by atoms with Crippen molar-refractivity contribution < 1.29 is 19.1 Å². The van der Waals surface area contributed by atoms with Crippen LogP contribution in [-0.4, -0.2) is 30.6 Å². The van der Waals surface area contributed by atoms with Crippen LogP contribution in [0.3, 0.4) is 0 Å². The molecule has 1 unspecified atom stereocenters. The van der Waals surface area contributed by atoms with Gasteiger partial charge in [-0.1, -0.05) is 18.2 Å². The highest BCUT2D eigenvalue weighted by Crippen LogP contribution is 2.17. The lowest BCUT2D eigenvalue weighted by atomic mass is 10.1. The maximum Gasteiger partial charge on any atom is 0.253 e. The summed E-state index contributed by atoms with van der Waals surface area (Å²) in [7, 11) is 0. The predicted molar refractivity (Wildman–Crippen MR) is 107 cm³/mol. The molecular formula is C22H26N2O4. The van der Waals surface area contributed by atoms with E-state index >= 15 is 0 Å². The van der Waals surface area contributed by atoms with E-state index in [1.807, 2.05) is 38.1 Å². The van der Waals surface area contributed by atoms with Gasteiger partial charge in [-0.25, -0.2) is 0 Å². The highest BCUT2D eigenvalue weighted by atomic mass is 16.5. The van der Waals surface area contributed by atoms with Crippen LogP contribution in [0, 0.1) is 0 Å². The first-order chi connectivity index (χ1) is 13.5. The molecule has 0 bridgehead atoms. The molecule has 0 radical (unpaired) electrons. The minimum absolute atomic E-state index is 0.124. The van der Waals surface area contributed by atoms with Crippen molar-refractivity contribution in [2.45, 2.75) is 45.4 Å². The van der Waals surface area contributed by atoms with Crippen molar-refractivity contribution in [1.29, 1.82) is 0 Å². The molecule has 28 heavy (non-hydrogen) atoms. The Balaban J connectivity index is 1.54. The summed E-state index contributed by atoms with van der Waals surface area (Å²) in [5, 5.41) is 5.71. The molecule has 2 aromatic carbocycles. The number of anilines is 1. The van der Waals surface area contributed by atoms with Crippen molar-refractivity contribution in [3.05, 3.63) is 59.7 Å². The zero-order valence-electron chi connectivity index (χ0n) is 16.2. The van der Waals surface area contributed by atoms with Crippen molar-refractivity contribution in [2.24, 2.45) is 0 Å². The van der Waals surface area contributed by atoms with Crippen molar-refractivity contribution in [3.8, 4) is 5.75 Å². The molecule has 1 fully saturated rings. The Morgan fingerprint density at radius 2 is 1.96 bits per heavy atom. The van der Waals surface area contributed by atoms with Crippen LogP contribution >= 0.6 is 0 Å². The lowest BCUT2D eigenvalue weighted by Gasteiger charge is -2.12. The molecule has 1 heterocycles. The third kappa shape index (κ3) is 5.57. The molecule has 148 valence electrons. The number of amides is 2. The van der Waals surface area contributed by atoms with E-state index in [-0.39, 0.29) is 17.9 Å². The van der Waals surface area contributed by atoms with E-state index in [2.05, 4.69) is 10.6 Å². The maximum atomic E-state index is 12.5. The summed E-state index contributed by atoms with van der Waals surface area (Å²) in [6, 6.07) is 14.5. The third-order valence-corrected chi connectivity index (χ3v) is 4.36. The van der Waals surface area contributed by atoms with Gasteiger partial charge in [0, 0.05) is 24.4 Å². The zero-order chi connectivity index (χ0) is 19.9. The van der Waals surface area contributed by atoms with Gasteiger partial charge in [0.25, 0.3) is 11.8 Å². The summed E-state index contributed by atoms with van der Waals surface area (Å²) in [6.45, 7) is 4.98. The second-order valence-corrected chi connectivity index (χ2v) is 7.06. The van der Waals surface area contributed by atoms with Crippen LogP contribution < -0.4 is 15.4 Å². The summed E-state index contributed by atoms with van der Waals surface area (Å²) in [5.41, 5.74) is 2.06. The number of hydrogen-bond donors (Lipinski definition) is 2. The van der Waals surface area contributed by atoms with Crippen molar-refractivity contribution >= 4 is 17.5 Å². The predicted octanol–water partition coefficient (Wildman–Crippen LogP) is 3.52. The molecule has 2 aromatic rings. The summed E-state index contributed by atoms with van der Waals surface area (Å²) in [5.74, 6) is 0.439. The molecule has 1 aliphatic heterocycles. The molecule has 0 spiro atoms. The van der Waals surface area contributed by atoms with Crippen LogP contribution in [0.5, 0.6) is 5.75 Å². The van der Waals surface area contributed by atoms with E-state index in [0.29, 0.717) is 24.4 Å². The fourth-order valence-corrected chi connectivity index (χ4v) is 2.99. The normalized spacial score (nSPS) is 16.0. The van der Waals surface area contributed by atoms with Gasteiger partial charge < -0.3 is 20.1 Å². The zero-order valence-corrected chi connectivity index (χ0v) is 16.2. The van der Waals surface area contributed by atoms with Crippen molar-refractivity contribution in [2.75, 3.05) is 11.9 Å². The summed E-state index contributed by atoms with van der Waals surface area (Å²) in [6.07, 6.45) is 1.34. The Morgan fingerprint density at radius 3 is 2.64 bits per heavy atom. The first kappa shape index (κ1) is 19.9. The van der Waals surface area contributed by atoms with Gasteiger partial charge in [0.05, 0.1) is 6.10 Å². The minimum Gasteiger partial charge on any atom is -0.491 e. The van der Waals surface area contributed by atoms with Crippen molar-refractivity contribution in [3.63, 3.8) is 0 Å². The number of hydrogen-bond acceptors (Lipinski definition) is 4. The van der Waals surface area contributed by atoms with Crippen LogP contribution in [0.15, 0.2) is 48.5 Å². The van der Waals surface area contributed by atoms with Gasteiger partial charge >= 0.3 is 0 Å². The summed E-state index contributed by atoms with van der Waals surface area (Å²) in [4.78, 5) is 24.6. The third-order valence-electron chi connectivity index (χ3n) is 4.36. The molecule has 0 saturated carbocycles. The second-order valence-electron chi connectivity index (χ2n) is 7.06. The molecule has 3 rings (SSSR count). The Bertz CT molecular complexity index is 812. The number of ether oxygens (including phenoxy) is 2. The van der Waals surface area contributed by atoms with E-state index in [1.165, 1.54) is 0 Å². The highest BCUT2D eigenvalue weighted by Gasteiger charge is 2.23. The fraction of sp³-hybridized carbons (Fsp3) is 0.364. The molecule has 6 heteroatoms. The number of nitrogens with one attached hydrogen (secondary N) is 2.